The number of hydrogen-bond donors (Lipinski definition) is 0. The summed E-state index contributed by atoms with van der Waals surface area (Å²) in [6.45, 7) is 5.29. The Bertz CT molecular complexity index is 1010. The Hall–Kier alpha value is -2.80. The van der Waals surface area contributed by atoms with Gasteiger partial charge in [0, 0.05) is 5.92 Å². The monoisotopic (exact) mass is 452 g/mol. The maximum atomic E-state index is 6.12. The summed E-state index contributed by atoms with van der Waals surface area (Å²) in [4.78, 5) is 0. The molecule has 0 amide bonds. The van der Waals surface area contributed by atoms with Crippen molar-refractivity contribution in [3.8, 4) is 28.0 Å². The van der Waals surface area contributed by atoms with E-state index in [4.69, 9.17) is 4.74 Å². The zero-order chi connectivity index (χ0) is 23.6. The third-order valence-corrected chi connectivity index (χ3v) is 7.10. The van der Waals surface area contributed by atoms with Gasteiger partial charge in [-0.25, -0.2) is 0 Å². The van der Waals surface area contributed by atoms with Crippen molar-refractivity contribution < 1.29 is 4.74 Å². The first-order valence-electron chi connectivity index (χ1n) is 13.4. The van der Waals surface area contributed by atoms with Crippen LogP contribution in [0.2, 0.25) is 0 Å². The van der Waals surface area contributed by atoms with Crippen LogP contribution in [0.25, 0.3) is 22.3 Å². The van der Waals surface area contributed by atoms with Crippen molar-refractivity contribution in [2.75, 3.05) is 6.61 Å². The van der Waals surface area contributed by atoms with Gasteiger partial charge in [0.15, 0.2) is 0 Å². The molecule has 3 aromatic rings. The Morgan fingerprint density at radius 2 is 1.15 bits per heavy atom. The summed E-state index contributed by atoms with van der Waals surface area (Å²) in [5.74, 6) is 2.30. The second-order valence-corrected chi connectivity index (χ2v) is 9.84. The molecule has 0 fully saturated rings. The van der Waals surface area contributed by atoms with E-state index in [1.807, 2.05) is 0 Å². The number of allylic oxidation sites excluding steroid dienone is 1. The quantitative estimate of drug-likeness (QED) is 0.208. The molecule has 178 valence electrons. The molecule has 0 bridgehead atoms. The lowest BCUT2D eigenvalue weighted by atomic mass is 9.86. The Labute approximate surface area is 206 Å². The van der Waals surface area contributed by atoms with Crippen molar-refractivity contribution >= 4 is 0 Å². The average Bonchev–Trinajstić information content (AvgIpc) is 2.89. The van der Waals surface area contributed by atoms with Crippen molar-refractivity contribution in [2.45, 2.75) is 65.2 Å². The van der Waals surface area contributed by atoms with Crippen LogP contribution in [-0.2, 0) is 6.42 Å². The summed E-state index contributed by atoms with van der Waals surface area (Å²) in [6.07, 6.45) is 15.1. The van der Waals surface area contributed by atoms with Crippen molar-refractivity contribution in [3.05, 3.63) is 90.5 Å². The highest BCUT2D eigenvalue weighted by atomic mass is 16.5. The first kappa shape index (κ1) is 24.3. The fourth-order valence-electron chi connectivity index (χ4n) is 4.93. The van der Waals surface area contributed by atoms with E-state index in [0.29, 0.717) is 5.92 Å². The zero-order valence-corrected chi connectivity index (χ0v) is 21.0. The molecule has 0 radical (unpaired) electrons. The van der Waals surface area contributed by atoms with E-state index in [2.05, 4.69) is 98.8 Å². The van der Waals surface area contributed by atoms with E-state index in [1.165, 1.54) is 72.8 Å². The van der Waals surface area contributed by atoms with Crippen molar-refractivity contribution in [1.82, 2.24) is 0 Å². The predicted molar refractivity (Wildman–Crippen MR) is 146 cm³/mol. The largest absolute Gasteiger partial charge is 0.493 e. The van der Waals surface area contributed by atoms with E-state index in [1.54, 1.807) is 0 Å². The molecular weight excluding hydrogens is 412 g/mol. The predicted octanol–water partition coefficient (Wildman–Crippen LogP) is 9.51. The maximum absolute atomic E-state index is 6.12. The van der Waals surface area contributed by atoms with Gasteiger partial charge < -0.3 is 4.74 Å². The number of unbranched alkanes of at least 4 members (excludes halogenated alkanes) is 2. The van der Waals surface area contributed by atoms with E-state index in [0.717, 1.165) is 24.7 Å². The minimum Gasteiger partial charge on any atom is -0.493 e. The molecule has 4 rings (SSSR count). The Balaban J connectivity index is 1.28. The lowest BCUT2D eigenvalue weighted by molar-refractivity contribution is 0.254. The first-order valence-corrected chi connectivity index (χ1v) is 13.4. The summed E-state index contributed by atoms with van der Waals surface area (Å²) < 4.78 is 6.12. The van der Waals surface area contributed by atoms with Crippen LogP contribution in [0, 0.1) is 11.8 Å². The zero-order valence-electron chi connectivity index (χ0n) is 21.0. The van der Waals surface area contributed by atoms with Gasteiger partial charge in [0.2, 0.25) is 0 Å². The third-order valence-electron chi connectivity index (χ3n) is 7.10. The normalized spacial score (nSPS) is 17.6. The van der Waals surface area contributed by atoms with Gasteiger partial charge in [-0.1, -0.05) is 112 Å². The molecule has 0 N–H and O–H groups in total. The van der Waals surface area contributed by atoms with E-state index in [-0.39, 0.29) is 0 Å². The molecule has 1 heteroatoms. The van der Waals surface area contributed by atoms with Crippen LogP contribution >= 0.6 is 0 Å². The van der Waals surface area contributed by atoms with Gasteiger partial charge in [0.1, 0.15) is 5.75 Å². The SMILES string of the molecule is CCCCCC1C=CC(COc2ccc(-c3ccc(-c4ccc(CCC)cc4)cc3)cc2)CC1. The second-order valence-electron chi connectivity index (χ2n) is 9.84. The number of benzene rings is 3. The summed E-state index contributed by atoms with van der Waals surface area (Å²) in [7, 11) is 0. The van der Waals surface area contributed by atoms with Crippen molar-refractivity contribution in [1.29, 1.82) is 0 Å². The van der Waals surface area contributed by atoms with Gasteiger partial charge in [-0.15, -0.1) is 0 Å². The molecule has 1 aliphatic carbocycles. The summed E-state index contributed by atoms with van der Waals surface area (Å²) in [5.41, 5.74) is 6.42. The highest BCUT2D eigenvalue weighted by Crippen LogP contribution is 2.29. The Morgan fingerprint density at radius 1 is 0.618 bits per heavy atom. The van der Waals surface area contributed by atoms with Gasteiger partial charge in [0.05, 0.1) is 6.61 Å². The minimum atomic E-state index is 0.547. The molecule has 0 heterocycles. The molecule has 0 saturated heterocycles. The molecule has 0 aromatic heterocycles. The average molecular weight is 453 g/mol. The summed E-state index contributed by atoms with van der Waals surface area (Å²) in [6, 6.07) is 26.4. The molecule has 1 aliphatic rings. The molecular formula is C33H40O. The van der Waals surface area contributed by atoms with Gasteiger partial charge in [-0.2, -0.15) is 0 Å². The lowest BCUT2D eigenvalue weighted by Gasteiger charge is -2.23. The Morgan fingerprint density at radius 3 is 1.68 bits per heavy atom. The van der Waals surface area contributed by atoms with Crippen molar-refractivity contribution in [2.24, 2.45) is 11.8 Å². The molecule has 2 unspecified atom stereocenters. The fourth-order valence-corrected chi connectivity index (χ4v) is 4.93. The molecule has 1 nitrogen and oxygen atoms in total. The van der Waals surface area contributed by atoms with Gasteiger partial charge in [-0.3, -0.25) is 0 Å². The van der Waals surface area contributed by atoms with E-state index in [9.17, 15) is 0 Å². The highest BCUT2D eigenvalue weighted by molar-refractivity contribution is 5.70. The van der Waals surface area contributed by atoms with Crippen LogP contribution in [0.4, 0.5) is 0 Å². The molecule has 0 spiro atoms. The molecule has 3 aromatic carbocycles. The van der Waals surface area contributed by atoms with E-state index < -0.39 is 0 Å². The topological polar surface area (TPSA) is 9.23 Å². The van der Waals surface area contributed by atoms with Crippen LogP contribution in [0.3, 0.4) is 0 Å². The number of hydrogen-bond acceptors (Lipinski definition) is 1. The van der Waals surface area contributed by atoms with Gasteiger partial charge in [-0.05, 0) is 71.6 Å². The smallest absolute Gasteiger partial charge is 0.119 e. The van der Waals surface area contributed by atoms with Gasteiger partial charge >= 0.3 is 0 Å². The number of aryl methyl sites for hydroxylation is 1. The fraction of sp³-hybridized carbons (Fsp3) is 0.394. The first-order chi connectivity index (χ1) is 16.7. The molecule has 0 saturated carbocycles. The van der Waals surface area contributed by atoms with Crippen LogP contribution < -0.4 is 4.74 Å². The highest BCUT2D eigenvalue weighted by Gasteiger charge is 2.16. The van der Waals surface area contributed by atoms with Crippen LogP contribution in [0.5, 0.6) is 5.75 Å². The van der Waals surface area contributed by atoms with Crippen LogP contribution in [-0.4, -0.2) is 6.61 Å². The summed E-state index contributed by atoms with van der Waals surface area (Å²) in [5, 5.41) is 0. The number of ether oxygens (including phenoxy) is 1. The van der Waals surface area contributed by atoms with Crippen LogP contribution in [0.15, 0.2) is 84.9 Å². The van der Waals surface area contributed by atoms with Crippen molar-refractivity contribution in [3.63, 3.8) is 0 Å². The number of rotatable bonds is 11. The molecule has 0 aliphatic heterocycles. The minimum absolute atomic E-state index is 0.547. The molecule has 2 atom stereocenters. The third kappa shape index (κ3) is 6.86. The Kier molecular flexibility index (Phi) is 9.02. The second kappa shape index (κ2) is 12.6. The van der Waals surface area contributed by atoms with E-state index >= 15 is 0 Å². The molecule has 34 heavy (non-hydrogen) atoms. The lowest BCUT2D eigenvalue weighted by Crippen LogP contribution is -2.15. The maximum Gasteiger partial charge on any atom is 0.119 e. The standard InChI is InChI=1S/C33H40O/c1-3-5-6-8-27-9-11-28(12-10-27)25-34-33-23-21-32(22-24-33)31-19-17-30(18-20-31)29-15-13-26(7-4-2)14-16-29/h9,11,13-24,27-28H,3-8,10,12,25H2,1-2H3. The summed E-state index contributed by atoms with van der Waals surface area (Å²) >= 11 is 0. The van der Waals surface area contributed by atoms with Gasteiger partial charge in [0.25, 0.3) is 0 Å². The van der Waals surface area contributed by atoms with Crippen LogP contribution in [0.1, 0.15) is 64.4 Å².